The molecule has 2 aromatic carbocycles. The number of halogens is 1. The van der Waals surface area contributed by atoms with E-state index in [9.17, 15) is 14.9 Å². The van der Waals surface area contributed by atoms with Crippen molar-refractivity contribution in [2.75, 3.05) is 5.32 Å². The number of nitro groups is 1. The van der Waals surface area contributed by atoms with Crippen LogP contribution in [0.25, 0.3) is 0 Å². The van der Waals surface area contributed by atoms with Gasteiger partial charge in [-0.2, -0.15) is 0 Å². The van der Waals surface area contributed by atoms with Crippen molar-refractivity contribution in [1.29, 1.82) is 0 Å². The third-order valence-electron chi connectivity index (χ3n) is 3.03. The zero-order valence-electron chi connectivity index (χ0n) is 11.7. The van der Waals surface area contributed by atoms with Crippen LogP contribution in [0.3, 0.4) is 0 Å². The van der Waals surface area contributed by atoms with Gasteiger partial charge in [0.15, 0.2) is 0 Å². The molecule has 1 atom stereocenters. The molecule has 22 heavy (non-hydrogen) atoms. The Balaban J connectivity index is 1.96. The highest BCUT2D eigenvalue weighted by Gasteiger charge is 2.10. The highest BCUT2D eigenvalue weighted by atomic mass is 79.9. The molecule has 6 nitrogen and oxygen atoms in total. The summed E-state index contributed by atoms with van der Waals surface area (Å²) in [5, 5.41) is 16.0. The van der Waals surface area contributed by atoms with Crippen molar-refractivity contribution in [1.82, 2.24) is 5.32 Å². The molecule has 0 fully saturated rings. The van der Waals surface area contributed by atoms with Gasteiger partial charge in [0, 0.05) is 22.3 Å². The first-order valence-corrected chi connectivity index (χ1v) is 7.32. The molecule has 2 amide bonds. The lowest BCUT2D eigenvalue weighted by molar-refractivity contribution is -0.384. The predicted molar refractivity (Wildman–Crippen MR) is 87.8 cm³/mol. The van der Waals surface area contributed by atoms with E-state index in [4.69, 9.17) is 0 Å². The Hall–Kier alpha value is -2.41. The van der Waals surface area contributed by atoms with Gasteiger partial charge in [-0.15, -0.1) is 0 Å². The van der Waals surface area contributed by atoms with Crippen LogP contribution in [0.2, 0.25) is 0 Å². The normalized spacial score (nSPS) is 11.5. The maximum absolute atomic E-state index is 11.9. The van der Waals surface area contributed by atoms with E-state index < -0.39 is 4.92 Å². The molecule has 0 aliphatic carbocycles. The van der Waals surface area contributed by atoms with Crippen LogP contribution in [0.1, 0.15) is 18.5 Å². The molecule has 0 bridgehead atoms. The number of carbonyl (C=O) groups excluding carboxylic acids is 1. The molecular weight excluding hydrogens is 350 g/mol. The highest BCUT2D eigenvalue weighted by molar-refractivity contribution is 9.10. The minimum absolute atomic E-state index is 0.0199. The van der Waals surface area contributed by atoms with Crippen LogP contribution in [-0.2, 0) is 0 Å². The summed E-state index contributed by atoms with van der Waals surface area (Å²) in [6.45, 7) is 1.87. The van der Waals surface area contributed by atoms with Gasteiger partial charge in [-0.25, -0.2) is 4.79 Å². The summed E-state index contributed by atoms with van der Waals surface area (Å²) in [6, 6.07) is 12.8. The summed E-state index contributed by atoms with van der Waals surface area (Å²) in [4.78, 5) is 22.0. The summed E-state index contributed by atoms with van der Waals surface area (Å²) in [7, 11) is 0. The first kappa shape index (κ1) is 16.0. The lowest BCUT2D eigenvalue weighted by atomic mass is 10.1. The summed E-state index contributed by atoms with van der Waals surface area (Å²) in [5.41, 5.74) is 1.44. The number of anilines is 1. The quantitative estimate of drug-likeness (QED) is 0.629. The SMILES string of the molecule is CC(NC(=O)Nc1ccc([N+](=O)[O-])cc1)c1cccc(Br)c1. The third-order valence-corrected chi connectivity index (χ3v) is 3.53. The fourth-order valence-corrected chi connectivity index (χ4v) is 2.31. The number of nitrogens with one attached hydrogen (secondary N) is 2. The van der Waals surface area contributed by atoms with E-state index in [1.165, 1.54) is 24.3 Å². The lowest BCUT2D eigenvalue weighted by Crippen LogP contribution is -2.31. The topological polar surface area (TPSA) is 84.3 Å². The number of carbonyl (C=O) groups is 1. The number of non-ortho nitro benzene ring substituents is 1. The first-order valence-electron chi connectivity index (χ1n) is 6.53. The van der Waals surface area contributed by atoms with Crippen LogP contribution < -0.4 is 10.6 Å². The van der Waals surface area contributed by atoms with Crippen LogP contribution in [0, 0.1) is 10.1 Å². The van der Waals surface area contributed by atoms with E-state index in [-0.39, 0.29) is 17.8 Å². The van der Waals surface area contributed by atoms with E-state index >= 15 is 0 Å². The lowest BCUT2D eigenvalue weighted by Gasteiger charge is -2.15. The Morgan fingerprint density at radius 3 is 2.50 bits per heavy atom. The van der Waals surface area contributed by atoms with Crippen molar-refractivity contribution >= 4 is 33.3 Å². The second-order valence-electron chi connectivity index (χ2n) is 4.68. The van der Waals surface area contributed by atoms with Crippen molar-refractivity contribution in [3.63, 3.8) is 0 Å². The van der Waals surface area contributed by atoms with Crippen LogP contribution in [0.15, 0.2) is 53.0 Å². The standard InChI is InChI=1S/C15H14BrN3O3/c1-10(11-3-2-4-12(16)9-11)17-15(20)18-13-5-7-14(8-6-13)19(21)22/h2-10H,1H3,(H2,17,18,20). The van der Waals surface area contributed by atoms with Gasteiger partial charge in [-0.05, 0) is 36.8 Å². The van der Waals surface area contributed by atoms with Gasteiger partial charge in [-0.1, -0.05) is 28.1 Å². The Labute approximate surface area is 135 Å². The zero-order valence-corrected chi connectivity index (χ0v) is 13.3. The van der Waals surface area contributed by atoms with Crippen molar-refractivity contribution < 1.29 is 9.72 Å². The molecule has 0 saturated heterocycles. The molecule has 0 saturated carbocycles. The Kier molecular flexibility index (Phi) is 5.11. The average molecular weight is 364 g/mol. The molecule has 0 heterocycles. The Bertz CT molecular complexity index is 689. The number of hydrogen-bond acceptors (Lipinski definition) is 3. The van der Waals surface area contributed by atoms with Crippen molar-refractivity contribution in [3.8, 4) is 0 Å². The molecule has 1 unspecified atom stereocenters. The number of nitrogens with zero attached hydrogens (tertiary/aromatic N) is 1. The summed E-state index contributed by atoms with van der Waals surface area (Å²) in [5.74, 6) is 0. The fourth-order valence-electron chi connectivity index (χ4n) is 1.89. The molecule has 2 aromatic rings. The van der Waals surface area contributed by atoms with Gasteiger partial charge in [0.2, 0.25) is 0 Å². The number of rotatable bonds is 4. The van der Waals surface area contributed by atoms with Gasteiger partial charge < -0.3 is 10.6 Å². The Morgan fingerprint density at radius 2 is 1.91 bits per heavy atom. The molecule has 0 aliphatic rings. The van der Waals surface area contributed by atoms with Gasteiger partial charge in [0.1, 0.15) is 0 Å². The maximum atomic E-state index is 11.9. The van der Waals surface area contributed by atoms with Crippen molar-refractivity contribution in [2.24, 2.45) is 0 Å². The fraction of sp³-hybridized carbons (Fsp3) is 0.133. The van der Waals surface area contributed by atoms with Crippen LogP contribution in [0.5, 0.6) is 0 Å². The van der Waals surface area contributed by atoms with E-state index in [1.807, 2.05) is 31.2 Å². The van der Waals surface area contributed by atoms with Crippen molar-refractivity contribution in [3.05, 3.63) is 68.7 Å². The second-order valence-corrected chi connectivity index (χ2v) is 5.59. The van der Waals surface area contributed by atoms with E-state index in [2.05, 4.69) is 26.6 Å². The predicted octanol–water partition coefficient (Wildman–Crippen LogP) is 4.24. The van der Waals surface area contributed by atoms with E-state index in [0.717, 1.165) is 10.0 Å². The highest BCUT2D eigenvalue weighted by Crippen LogP contribution is 2.18. The molecule has 2 rings (SSSR count). The molecule has 0 aromatic heterocycles. The van der Waals surface area contributed by atoms with E-state index in [1.54, 1.807) is 0 Å². The number of benzene rings is 2. The number of urea groups is 1. The largest absolute Gasteiger partial charge is 0.331 e. The zero-order chi connectivity index (χ0) is 16.1. The summed E-state index contributed by atoms with van der Waals surface area (Å²) in [6.07, 6.45) is 0. The van der Waals surface area contributed by atoms with Crippen molar-refractivity contribution in [2.45, 2.75) is 13.0 Å². The van der Waals surface area contributed by atoms with Gasteiger partial charge in [-0.3, -0.25) is 10.1 Å². The first-order chi connectivity index (χ1) is 10.5. The number of hydrogen-bond donors (Lipinski definition) is 2. The number of amides is 2. The minimum atomic E-state index is -0.487. The summed E-state index contributed by atoms with van der Waals surface area (Å²) >= 11 is 3.39. The summed E-state index contributed by atoms with van der Waals surface area (Å²) < 4.78 is 0.939. The third kappa shape index (κ3) is 4.29. The molecule has 7 heteroatoms. The monoisotopic (exact) mass is 363 g/mol. The van der Waals surface area contributed by atoms with Crippen LogP contribution >= 0.6 is 15.9 Å². The second kappa shape index (κ2) is 7.04. The van der Waals surface area contributed by atoms with Crippen LogP contribution in [-0.4, -0.2) is 11.0 Å². The van der Waals surface area contributed by atoms with Gasteiger partial charge in [0.25, 0.3) is 5.69 Å². The molecule has 0 radical (unpaired) electrons. The maximum Gasteiger partial charge on any atom is 0.319 e. The minimum Gasteiger partial charge on any atom is -0.331 e. The Morgan fingerprint density at radius 1 is 1.23 bits per heavy atom. The molecule has 0 spiro atoms. The smallest absolute Gasteiger partial charge is 0.319 e. The number of nitro benzene ring substituents is 1. The van der Waals surface area contributed by atoms with Crippen LogP contribution in [0.4, 0.5) is 16.2 Å². The average Bonchev–Trinajstić information content (AvgIpc) is 2.47. The van der Waals surface area contributed by atoms with Gasteiger partial charge in [0.05, 0.1) is 11.0 Å². The van der Waals surface area contributed by atoms with Gasteiger partial charge >= 0.3 is 6.03 Å². The molecule has 114 valence electrons. The molecular formula is C15H14BrN3O3. The molecule has 2 N–H and O–H groups in total. The van der Waals surface area contributed by atoms with E-state index in [0.29, 0.717) is 5.69 Å². The molecule has 0 aliphatic heterocycles.